The van der Waals surface area contributed by atoms with Crippen molar-refractivity contribution in [1.29, 1.82) is 0 Å². The number of aromatic nitrogens is 2. The highest BCUT2D eigenvalue weighted by atomic mass is 35.5. The van der Waals surface area contributed by atoms with E-state index in [9.17, 15) is 4.79 Å². The fraction of sp³-hybridized carbons (Fsp3) is 0.500. The van der Waals surface area contributed by atoms with Crippen molar-refractivity contribution >= 4 is 46.0 Å². The topological polar surface area (TPSA) is 78.4 Å². The second kappa shape index (κ2) is 7.18. The van der Waals surface area contributed by atoms with Gasteiger partial charge >= 0.3 is 5.97 Å². The molecule has 1 aromatic carbocycles. The third kappa shape index (κ3) is 4.03. The molecule has 2 fully saturated rings. The molecule has 0 radical (unpaired) electrons. The standard InChI is InChI=1S/C18H20Cl2N4O2/c19-13-5-15-16(6-14(13)20)23-17(7-21-15)22-11-3-12(4-11)24(9-18(25)26)8-10-1-2-10/h5-7,10-12H,1-4,8-9H2,(H,22,23)(H,25,26). The lowest BCUT2D eigenvalue weighted by Crippen LogP contribution is -2.52. The maximum Gasteiger partial charge on any atom is 0.317 e. The highest BCUT2D eigenvalue weighted by Crippen LogP contribution is 2.34. The molecule has 2 aliphatic carbocycles. The van der Waals surface area contributed by atoms with Gasteiger partial charge in [-0.2, -0.15) is 0 Å². The van der Waals surface area contributed by atoms with Gasteiger partial charge in [-0.1, -0.05) is 23.2 Å². The van der Waals surface area contributed by atoms with Crippen LogP contribution in [0.4, 0.5) is 5.82 Å². The maximum atomic E-state index is 11.1. The number of nitrogens with zero attached hydrogens (tertiary/aromatic N) is 3. The molecule has 0 unspecified atom stereocenters. The maximum absolute atomic E-state index is 11.1. The number of hydrogen-bond donors (Lipinski definition) is 2. The molecule has 2 aromatic rings. The van der Waals surface area contributed by atoms with Crippen LogP contribution in [0, 0.1) is 5.92 Å². The number of rotatable bonds is 7. The van der Waals surface area contributed by atoms with Crippen molar-refractivity contribution in [1.82, 2.24) is 14.9 Å². The van der Waals surface area contributed by atoms with Crippen molar-refractivity contribution < 1.29 is 9.90 Å². The Hall–Kier alpha value is -1.63. The summed E-state index contributed by atoms with van der Waals surface area (Å²) in [7, 11) is 0. The summed E-state index contributed by atoms with van der Waals surface area (Å²) in [5.41, 5.74) is 1.40. The van der Waals surface area contributed by atoms with Crippen LogP contribution >= 0.6 is 23.2 Å². The van der Waals surface area contributed by atoms with Crippen LogP contribution < -0.4 is 5.32 Å². The normalized spacial score (nSPS) is 22.4. The van der Waals surface area contributed by atoms with Crippen molar-refractivity contribution in [2.45, 2.75) is 37.8 Å². The Morgan fingerprint density at radius 1 is 1.23 bits per heavy atom. The first-order valence-electron chi connectivity index (χ1n) is 8.82. The fourth-order valence-corrected chi connectivity index (χ4v) is 3.75. The van der Waals surface area contributed by atoms with Crippen LogP contribution in [0.1, 0.15) is 25.7 Å². The molecular weight excluding hydrogens is 375 g/mol. The van der Waals surface area contributed by atoms with Gasteiger partial charge in [0.1, 0.15) is 5.82 Å². The number of halogens is 2. The third-order valence-corrected chi connectivity index (χ3v) is 5.82. The van der Waals surface area contributed by atoms with Gasteiger partial charge < -0.3 is 10.4 Å². The van der Waals surface area contributed by atoms with Crippen molar-refractivity contribution in [3.05, 3.63) is 28.4 Å². The minimum Gasteiger partial charge on any atom is -0.480 e. The van der Waals surface area contributed by atoms with Crippen molar-refractivity contribution in [2.75, 3.05) is 18.4 Å². The van der Waals surface area contributed by atoms with Crippen LogP contribution in [0.2, 0.25) is 10.0 Å². The molecule has 0 bridgehead atoms. The summed E-state index contributed by atoms with van der Waals surface area (Å²) in [6, 6.07) is 4.03. The third-order valence-electron chi connectivity index (χ3n) is 5.09. The molecule has 26 heavy (non-hydrogen) atoms. The monoisotopic (exact) mass is 394 g/mol. The van der Waals surface area contributed by atoms with Gasteiger partial charge in [0.25, 0.3) is 0 Å². The Bertz CT molecular complexity index is 837. The van der Waals surface area contributed by atoms with E-state index in [1.807, 2.05) is 0 Å². The van der Waals surface area contributed by atoms with Gasteiger partial charge in [0.05, 0.1) is 33.8 Å². The summed E-state index contributed by atoms with van der Waals surface area (Å²) < 4.78 is 0. The number of nitrogens with one attached hydrogen (secondary N) is 1. The summed E-state index contributed by atoms with van der Waals surface area (Å²) in [6.45, 7) is 1.03. The summed E-state index contributed by atoms with van der Waals surface area (Å²) in [5.74, 6) is 0.633. The molecule has 2 N–H and O–H groups in total. The number of carboxylic acids is 1. The van der Waals surface area contributed by atoms with Gasteiger partial charge in [0, 0.05) is 18.6 Å². The van der Waals surface area contributed by atoms with Crippen LogP contribution in [-0.2, 0) is 4.79 Å². The summed E-state index contributed by atoms with van der Waals surface area (Å²) >= 11 is 12.1. The Morgan fingerprint density at radius 3 is 2.58 bits per heavy atom. The van der Waals surface area contributed by atoms with E-state index in [-0.39, 0.29) is 12.6 Å². The number of aliphatic carboxylic acids is 1. The van der Waals surface area contributed by atoms with Crippen LogP contribution in [-0.4, -0.2) is 51.1 Å². The number of fused-ring (bicyclic) bond motifs is 1. The average Bonchev–Trinajstić information content (AvgIpc) is 3.35. The zero-order valence-electron chi connectivity index (χ0n) is 14.2. The number of hydrogen-bond acceptors (Lipinski definition) is 5. The van der Waals surface area contributed by atoms with Crippen LogP contribution in [0.5, 0.6) is 0 Å². The first kappa shape index (κ1) is 17.8. The van der Waals surface area contributed by atoms with Crippen molar-refractivity contribution in [3.8, 4) is 0 Å². The SMILES string of the molecule is O=C(O)CN(CC1CC1)C1CC(Nc2cnc3cc(Cl)c(Cl)cc3n2)C1. The molecule has 0 spiro atoms. The van der Waals surface area contributed by atoms with E-state index in [1.165, 1.54) is 12.8 Å². The van der Waals surface area contributed by atoms with Gasteiger partial charge in [-0.25, -0.2) is 4.98 Å². The van der Waals surface area contributed by atoms with Crippen molar-refractivity contribution in [2.24, 2.45) is 5.92 Å². The quantitative estimate of drug-likeness (QED) is 0.745. The predicted octanol–water partition coefficient (Wildman–Crippen LogP) is 3.68. The first-order chi connectivity index (χ1) is 12.5. The van der Waals surface area contributed by atoms with Crippen LogP contribution in [0.25, 0.3) is 11.0 Å². The molecular formula is C18H20Cl2N4O2. The molecule has 1 aromatic heterocycles. The van der Waals surface area contributed by atoms with E-state index in [2.05, 4.69) is 20.2 Å². The Balaban J connectivity index is 1.37. The molecule has 0 amide bonds. The summed E-state index contributed by atoms with van der Waals surface area (Å²) in [6.07, 6.45) is 5.98. The van der Waals surface area contributed by atoms with E-state index in [0.717, 1.165) is 19.4 Å². The molecule has 8 heteroatoms. The Kier molecular flexibility index (Phi) is 4.90. The predicted molar refractivity (Wildman–Crippen MR) is 102 cm³/mol. The van der Waals surface area contributed by atoms with E-state index < -0.39 is 5.97 Å². The summed E-state index contributed by atoms with van der Waals surface area (Å²) in [4.78, 5) is 22.2. The van der Waals surface area contributed by atoms with Gasteiger partial charge in [-0.15, -0.1) is 0 Å². The zero-order chi connectivity index (χ0) is 18.3. The van der Waals surface area contributed by atoms with Gasteiger partial charge in [0.2, 0.25) is 0 Å². The van der Waals surface area contributed by atoms with Crippen molar-refractivity contribution in [3.63, 3.8) is 0 Å². The Morgan fingerprint density at radius 2 is 1.92 bits per heavy atom. The Labute approximate surface area is 161 Å². The lowest BCUT2D eigenvalue weighted by Gasteiger charge is -2.43. The second-order valence-electron chi connectivity index (χ2n) is 7.24. The van der Waals surface area contributed by atoms with Crippen LogP contribution in [0.15, 0.2) is 18.3 Å². The molecule has 4 rings (SSSR count). The molecule has 2 saturated carbocycles. The number of anilines is 1. The lowest BCUT2D eigenvalue weighted by molar-refractivity contribution is -0.139. The number of benzene rings is 1. The van der Waals surface area contributed by atoms with E-state index in [1.54, 1.807) is 18.3 Å². The van der Waals surface area contributed by atoms with Gasteiger partial charge in [-0.05, 0) is 43.7 Å². The highest BCUT2D eigenvalue weighted by molar-refractivity contribution is 6.42. The second-order valence-corrected chi connectivity index (χ2v) is 8.06. The fourth-order valence-electron chi connectivity index (χ4n) is 3.44. The molecule has 138 valence electrons. The van der Waals surface area contributed by atoms with Gasteiger partial charge in [0.15, 0.2) is 0 Å². The first-order valence-corrected chi connectivity index (χ1v) is 9.57. The highest BCUT2D eigenvalue weighted by Gasteiger charge is 2.37. The number of carbonyl (C=O) groups is 1. The zero-order valence-corrected chi connectivity index (χ0v) is 15.7. The largest absolute Gasteiger partial charge is 0.480 e. The smallest absolute Gasteiger partial charge is 0.317 e. The molecule has 6 nitrogen and oxygen atoms in total. The molecule has 2 aliphatic rings. The minimum absolute atomic E-state index is 0.128. The molecule has 1 heterocycles. The molecule has 0 aliphatic heterocycles. The van der Waals surface area contributed by atoms with E-state index >= 15 is 0 Å². The van der Waals surface area contributed by atoms with Crippen LogP contribution in [0.3, 0.4) is 0 Å². The van der Waals surface area contributed by atoms with E-state index in [0.29, 0.717) is 38.9 Å². The van der Waals surface area contributed by atoms with Gasteiger partial charge in [-0.3, -0.25) is 14.7 Å². The minimum atomic E-state index is -0.752. The molecule has 0 saturated heterocycles. The average molecular weight is 395 g/mol. The lowest BCUT2D eigenvalue weighted by atomic mass is 9.85. The summed E-state index contributed by atoms with van der Waals surface area (Å²) in [5, 5.41) is 13.4. The molecule has 0 atom stereocenters. The number of carboxylic acid groups (broad SMARTS) is 1. The van der Waals surface area contributed by atoms with E-state index in [4.69, 9.17) is 28.3 Å².